The molecule has 5 nitrogen and oxygen atoms in total. The van der Waals surface area contributed by atoms with Gasteiger partial charge in [0.15, 0.2) is 0 Å². The van der Waals surface area contributed by atoms with Gasteiger partial charge in [0.2, 0.25) is 11.8 Å². The van der Waals surface area contributed by atoms with Gasteiger partial charge in [-0.2, -0.15) is 0 Å². The Bertz CT molecular complexity index is 569. The first kappa shape index (κ1) is 13.2. The number of benzene rings is 1. The van der Waals surface area contributed by atoms with Crippen molar-refractivity contribution in [2.75, 3.05) is 19.6 Å². The Morgan fingerprint density at radius 1 is 1.35 bits per heavy atom. The minimum absolute atomic E-state index is 0.275. The topological polar surface area (TPSA) is 54.2 Å². The van der Waals surface area contributed by atoms with Crippen LogP contribution in [0, 0.1) is 5.82 Å². The van der Waals surface area contributed by atoms with E-state index in [0.29, 0.717) is 24.4 Å². The predicted molar refractivity (Wildman–Crippen MR) is 72.4 cm³/mol. The molecule has 0 spiro atoms. The molecule has 1 saturated heterocycles. The average Bonchev–Trinajstić information content (AvgIpc) is 2.91. The van der Waals surface area contributed by atoms with Crippen molar-refractivity contribution in [3.05, 3.63) is 36.0 Å². The van der Waals surface area contributed by atoms with Crippen molar-refractivity contribution in [1.82, 2.24) is 20.4 Å². The average molecular weight is 276 g/mol. The fourth-order valence-corrected chi connectivity index (χ4v) is 2.32. The molecule has 0 amide bonds. The lowest BCUT2D eigenvalue weighted by Gasteiger charge is -2.32. The van der Waals surface area contributed by atoms with Crippen LogP contribution in [0.2, 0.25) is 0 Å². The fraction of sp³-hybridized carbons (Fsp3) is 0.429. The third kappa shape index (κ3) is 2.86. The highest BCUT2D eigenvalue weighted by Crippen LogP contribution is 2.19. The first-order valence-corrected chi connectivity index (χ1v) is 6.75. The Balaban J connectivity index is 1.71. The summed E-state index contributed by atoms with van der Waals surface area (Å²) in [5.74, 6) is 0.754. The summed E-state index contributed by atoms with van der Waals surface area (Å²) in [4.78, 5) is 2.30. The van der Waals surface area contributed by atoms with E-state index in [-0.39, 0.29) is 5.82 Å². The molecular formula is C14H17FN4O. The summed E-state index contributed by atoms with van der Waals surface area (Å²) in [6, 6.07) is 6.50. The van der Waals surface area contributed by atoms with Crippen molar-refractivity contribution in [1.29, 1.82) is 0 Å². The third-order valence-corrected chi connectivity index (χ3v) is 3.54. The van der Waals surface area contributed by atoms with Crippen LogP contribution >= 0.6 is 0 Å². The first-order valence-electron chi connectivity index (χ1n) is 6.75. The Morgan fingerprint density at radius 3 is 2.90 bits per heavy atom. The maximum Gasteiger partial charge on any atom is 0.247 e. The highest BCUT2D eigenvalue weighted by atomic mass is 19.1. The van der Waals surface area contributed by atoms with E-state index in [4.69, 9.17) is 4.42 Å². The molecule has 1 N–H and O–H groups in total. The summed E-state index contributed by atoms with van der Waals surface area (Å²) in [7, 11) is 0. The molecule has 2 aromatic rings. The van der Waals surface area contributed by atoms with Crippen molar-refractivity contribution in [3.63, 3.8) is 0 Å². The summed E-state index contributed by atoms with van der Waals surface area (Å²) in [6.45, 7) is 5.73. The first-order chi connectivity index (χ1) is 9.72. The van der Waals surface area contributed by atoms with Gasteiger partial charge >= 0.3 is 0 Å². The van der Waals surface area contributed by atoms with Crippen LogP contribution in [0.15, 0.2) is 28.7 Å². The number of piperazine rings is 1. The Labute approximate surface area is 116 Å². The molecule has 1 fully saturated rings. The Kier molecular flexibility index (Phi) is 3.75. The van der Waals surface area contributed by atoms with Crippen LogP contribution in [0.1, 0.15) is 12.8 Å². The standard InChI is InChI=1S/C14H17FN4O/c1-10-8-16-6-7-19(10)9-13-17-18-14(20-13)11-2-4-12(15)5-3-11/h2-5,10,16H,6-9H2,1H3/t10-/m0/s1. The van der Waals surface area contributed by atoms with Crippen LogP contribution in [0.3, 0.4) is 0 Å². The largest absolute Gasteiger partial charge is 0.419 e. The van der Waals surface area contributed by atoms with E-state index < -0.39 is 0 Å². The van der Waals surface area contributed by atoms with E-state index in [1.165, 1.54) is 12.1 Å². The number of nitrogens with one attached hydrogen (secondary N) is 1. The van der Waals surface area contributed by atoms with Crippen molar-refractivity contribution >= 4 is 0 Å². The lowest BCUT2D eigenvalue weighted by atomic mass is 10.2. The maximum absolute atomic E-state index is 12.9. The molecule has 3 rings (SSSR count). The zero-order valence-corrected chi connectivity index (χ0v) is 11.3. The number of rotatable bonds is 3. The lowest BCUT2D eigenvalue weighted by Crippen LogP contribution is -2.49. The molecule has 1 aliphatic heterocycles. The smallest absolute Gasteiger partial charge is 0.247 e. The van der Waals surface area contributed by atoms with Gasteiger partial charge in [0.25, 0.3) is 0 Å². The van der Waals surface area contributed by atoms with Crippen molar-refractivity contribution in [2.45, 2.75) is 19.5 Å². The summed E-state index contributed by atoms with van der Waals surface area (Å²) >= 11 is 0. The summed E-state index contributed by atoms with van der Waals surface area (Å²) in [6.07, 6.45) is 0. The molecule has 0 aliphatic carbocycles. The molecular weight excluding hydrogens is 259 g/mol. The van der Waals surface area contributed by atoms with Gasteiger partial charge in [0.05, 0.1) is 6.54 Å². The number of aromatic nitrogens is 2. The number of halogens is 1. The van der Waals surface area contributed by atoms with Crippen LogP contribution in [-0.4, -0.2) is 40.8 Å². The zero-order valence-electron chi connectivity index (χ0n) is 11.3. The Morgan fingerprint density at radius 2 is 2.15 bits per heavy atom. The molecule has 0 radical (unpaired) electrons. The van der Waals surface area contributed by atoms with Crippen LogP contribution in [-0.2, 0) is 6.54 Å². The highest BCUT2D eigenvalue weighted by Gasteiger charge is 2.20. The molecule has 1 aromatic carbocycles. The van der Waals surface area contributed by atoms with Gasteiger partial charge in [-0.3, -0.25) is 4.90 Å². The molecule has 2 heterocycles. The lowest BCUT2D eigenvalue weighted by molar-refractivity contribution is 0.151. The van der Waals surface area contributed by atoms with Gasteiger partial charge < -0.3 is 9.73 Å². The van der Waals surface area contributed by atoms with Crippen molar-refractivity contribution in [3.8, 4) is 11.5 Å². The summed E-state index contributed by atoms with van der Waals surface area (Å²) in [5.41, 5.74) is 0.735. The molecule has 0 saturated carbocycles. The quantitative estimate of drug-likeness (QED) is 0.924. The third-order valence-electron chi connectivity index (χ3n) is 3.54. The van der Waals surface area contributed by atoms with E-state index in [1.54, 1.807) is 12.1 Å². The molecule has 6 heteroatoms. The van der Waals surface area contributed by atoms with Crippen LogP contribution in [0.4, 0.5) is 4.39 Å². The van der Waals surface area contributed by atoms with E-state index >= 15 is 0 Å². The van der Waals surface area contributed by atoms with Gasteiger partial charge in [-0.1, -0.05) is 0 Å². The molecule has 20 heavy (non-hydrogen) atoms. The highest BCUT2D eigenvalue weighted by molar-refractivity contribution is 5.51. The van der Waals surface area contributed by atoms with E-state index in [9.17, 15) is 4.39 Å². The molecule has 1 aliphatic rings. The predicted octanol–water partition coefficient (Wildman–Crippen LogP) is 1.67. The van der Waals surface area contributed by atoms with Crippen molar-refractivity contribution in [2.24, 2.45) is 0 Å². The summed E-state index contributed by atoms with van der Waals surface area (Å²) in [5, 5.41) is 11.4. The molecule has 106 valence electrons. The SMILES string of the molecule is C[C@H]1CNCCN1Cc1nnc(-c2ccc(F)cc2)o1. The summed E-state index contributed by atoms with van der Waals surface area (Å²) < 4.78 is 18.5. The number of hydrogen-bond donors (Lipinski definition) is 1. The van der Waals surface area contributed by atoms with Gasteiger partial charge in [-0.15, -0.1) is 10.2 Å². The van der Waals surface area contributed by atoms with Crippen LogP contribution in [0.5, 0.6) is 0 Å². The van der Waals surface area contributed by atoms with Gasteiger partial charge in [0, 0.05) is 31.2 Å². The number of nitrogens with zero attached hydrogens (tertiary/aromatic N) is 3. The minimum Gasteiger partial charge on any atom is -0.419 e. The maximum atomic E-state index is 12.9. The van der Waals surface area contributed by atoms with E-state index in [1.807, 2.05) is 0 Å². The second kappa shape index (κ2) is 5.68. The normalized spacial score (nSPS) is 20.2. The Hall–Kier alpha value is -1.79. The molecule has 0 unspecified atom stereocenters. The van der Waals surface area contributed by atoms with Gasteiger partial charge in [0.1, 0.15) is 5.82 Å². The van der Waals surface area contributed by atoms with E-state index in [0.717, 1.165) is 25.2 Å². The van der Waals surface area contributed by atoms with Crippen LogP contribution < -0.4 is 5.32 Å². The van der Waals surface area contributed by atoms with Gasteiger partial charge in [-0.25, -0.2) is 4.39 Å². The van der Waals surface area contributed by atoms with Crippen LogP contribution in [0.25, 0.3) is 11.5 Å². The van der Waals surface area contributed by atoms with Crippen molar-refractivity contribution < 1.29 is 8.81 Å². The van der Waals surface area contributed by atoms with E-state index in [2.05, 4.69) is 27.3 Å². The monoisotopic (exact) mass is 276 g/mol. The second-order valence-corrected chi connectivity index (χ2v) is 5.03. The van der Waals surface area contributed by atoms with Gasteiger partial charge in [-0.05, 0) is 31.2 Å². The molecule has 0 bridgehead atoms. The second-order valence-electron chi connectivity index (χ2n) is 5.03. The fourth-order valence-electron chi connectivity index (χ4n) is 2.32. The minimum atomic E-state index is -0.275. The molecule has 1 atom stereocenters. The number of hydrogen-bond acceptors (Lipinski definition) is 5. The zero-order chi connectivity index (χ0) is 13.9. The molecule has 1 aromatic heterocycles.